The van der Waals surface area contributed by atoms with Crippen LogP contribution in [-0.2, 0) is 95.2 Å². The molecule has 3 heterocycles. The summed E-state index contributed by atoms with van der Waals surface area (Å²) >= 11 is 0. The number of hydrogen-bond acceptors (Lipinski definition) is 22. The zero-order valence-electron chi connectivity index (χ0n) is 56.2. The Kier molecular flexibility index (Phi) is 28.2. The molecule has 97 heavy (non-hydrogen) atoms. The quantitative estimate of drug-likeness (QED) is 0.0181. The molecular formula is C75H100O22. The van der Waals surface area contributed by atoms with Crippen molar-refractivity contribution in [3.8, 4) is 0 Å². The van der Waals surface area contributed by atoms with E-state index in [1.807, 2.05) is 54.6 Å². The van der Waals surface area contributed by atoms with Gasteiger partial charge in [0.2, 0.25) is 0 Å². The van der Waals surface area contributed by atoms with Crippen LogP contribution in [0.25, 0.3) is 21.5 Å². The topological polar surface area (TPSA) is 295 Å². The van der Waals surface area contributed by atoms with Crippen molar-refractivity contribution in [2.75, 3.05) is 52.9 Å². The summed E-state index contributed by atoms with van der Waals surface area (Å²) in [6.07, 6.45) is 14.9. The number of carbonyl (C=O) groups excluding carboxylic acids is 9. The van der Waals surface area contributed by atoms with Gasteiger partial charge in [-0.15, -0.1) is 0 Å². The fraction of sp³-hybridized carbons (Fsp3) is 0.693. The molecule has 22 heteroatoms. The summed E-state index contributed by atoms with van der Waals surface area (Å²) in [5.74, 6) is -7.64. The second-order valence-corrected chi connectivity index (χ2v) is 27.9. The molecule has 3 saturated heterocycles. The second kappa shape index (κ2) is 37.4. The van der Waals surface area contributed by atoms with E-state index < -0.39 is 72.7 Å². The largest absolute Gasteiger partial charge is 0.466 e. The van der Waals surface area contributed by atoms with Gasteiger partial charge in [-0.25, -0.2) is 4.79 Å². The van der Waals surface area contributed by atoms with E-state index in [1.165, 1.54) is 0 Å². The molecule has 14 unspecified atom stereocenters. The van der Waals surface area contributed by atoms with Crippen LogP contribution in [0.15, 0.2) is 54.6 Å². The monoisotopic (exact) mass is 1350 g/mol. The molecule has 3 aromatic rings. The van der Waals surface area contributed by atoms with Gasteiger partial charge in [0.15, 0.2) is 0 Å². The van der Waals surface area contributed by atoms with Crippen molar-refractivity contribution < 1.29 is 105 Å². The minimum Gasteiger partial charge on any atom is -0.466 e. The van der Waals surface area contributed by atoms with Crippen molar-refractivity contribution in [1.82, 2.24) is 0 Å². The highest BCUT2D eigenvalue weighted by Gasteiger charge is 2.46. The van der Waals surface area contributed by atoms with Gasteiger partial charge < -0.3 is 61.9 Å². The Morgan fingerprint density at radius 2 is 0.732 bits per heavy atom. The lowest BCUT2D eigenvalue weighted by Gasteiger charge is -2.32. The van der Waals surface area contributed by atoms with Gasteiger partial charge in [-0.1, -0.05) is 48.5 Å². The molecule has 0 aromatic heterocycles. The molecule has 4 saturated carbocycles. The molecule has 3 aromatic carbocycles. The average molecular weight is 1350 g/mol. The third kappa shape index (κ3) is 23.7. The van der Waals surface area contributed by atoms with Crippen LogP contribution < -0.4 is 0 Å². The lowest BCUT2D eigenvalue weighted by atomic mass is 9.85. The van der Waals surface area contributed by atoms with Gasteiger partial charge in [0, 0.05) is 25.7 Å². The van der Waals surface area contributed by atoms with E-state index in [-0.39, 0.29) is 101 Å². The summed E-state index contributed by atoms with van der Waals surface area (Å²) < 4.78 is 67.6. The van der Waals surface area contributed by atoms with Crippen molar-refractivity contribution in [3.05, 3.63) is 60.2 Å². The van der Waals surface area contributed by atoms with Gasteiger partial charge in [0.25, 0.3) is 0 Å². The number of rotatable bonds is 41. The van der Waals surface area contributed by atoms with E-state index in [0.717, 1.165) is 79.3 Å². The number of ether oxygens (including phenoxy) is 12. The molecule has 22 nitrogen and oxygen atoms in total. The Hall–Kier alpha value is -6.75. The molecule has 7 fully saturated rings. The minimum atomic E-state index is -1.53. The molecule has 14 atom stereocenters. The van der Waals surface area contributed by atoms with Crippen LogP contribution in [0.3, 0.4) is 0 Å². The van der Waals surface area contributed by atoms with E-state index in [4.69, 9.17) is 56.8 Å². The SMILES string of the molecule is O=C(CCCCCOC(=O)C(CC(=O)OCCCCCC(=O)OCC1CCC2OC2C1)C(CC(=O)OCCCCCC(=O)OCC1CCC2OC2C1)C(=O)OCCCCCC(=O)OCC1CCC2OC2C1)OCC1CCC(OC(=O)c2c3ccccc3cc3ccccc23)C(O)C1. The summed E-state index contributed by atoms with van der Waals surface area (Å²) in [6, 6.07) is 17.3. The highest BCUT2D eigenvalue weighted by atomic mass is 16.6. The van der Waals surface area contributed by atoms with Gasteiger partial charge in [-0.2, -0.15) is 0 Å². The summed E-state index contributed by atoms with van der Waals surface area (Å²) in [7, 11) is 0. The number of esters is 9. The first kappa shape index (κ1) is 73.0. The maximum absolute atomic E-state index is 14.2. The van der Waals surface area contributed by atoms with Crippen LogP contribution in [-0.4, -0.2) is 161 Å². The first-order chi connectivity index (χ1) is 47.2. The standard InChI is InChI=1S/C75H100O22/c76-58-37-48(25-29-59(58)97-75(85)72-54-19-11-9-17-52(54)41-53-18-10-12-20-55(53)72)44-90-66(77)23-7-3-15-35-88-73(83)56(42-70(81)86-33-13-1-5-21-67(78)91-45-49-26-30-60-63(38-49)94-60)57(74(84)89-36-16-4-8-24-69(80)93-47-51-28-32-62-65(40-51)96-62)43-71(82)87-34-14-2-6-22-68(79)92-46-50-27-31-61-64(39-50)95-61/h9-12,17-20,41,48-51,56-65,76H,1-8,13-16,21-40,42-47H2. The third-order valence-electron chi connectivity index (χ3n) is 20.3. The van der Waals surface area contributed by atoms with Crippen LogP contribution in [0.1, 0.15) is 203 Å². The maximum Gasteiger partial charge on any atom is 0.339 e. The normalized spacial score (nSPS) is 25.7. The van der Waals surface area contributed by atoms with Crippen LogP contribution in [0.5, 0.6) is 0 Å². The van der Waals surface area contributed by atoms with Crippen LogP contribution in [0.4, 0.5) is 0 Å². The number of carbonyl (C=O) groups is 9. The molecule has 0 amide bonds. The fourth-order valence-corrected chi connectivity index (χ4v) is 14.3. The fourth-order valence-electron chi connectivity index (χ4n) is 14.3. The van der Waals surface area contributed by atoms with Crippen LogP contribution >= 0.6 is 0 Å². The smallest absolute Gasteiger partial charge is 0.339 e. The van der Waals surface area contributed by atoms with E-state index in [9.17, 15) is 48.3 Å². The van der Waals surface area contributed by atoms with Gasteiger partial charge in [-0.3, -0.25) is 38.4 Å². The average Bonchev–Trinajstić information content (AvgIpc) is 1.24. The molecule has 0 radical (unpaired) electrons. The highest BCUT2D eigenvalue weighted by molar-refractivity contribution is 6.16. The van der Waals surface area contributed by atoms with Crippen LogP contribution in [0.2, 0.25) is 0 Å². The van der Waals surface area contributed by atoms with E-state index >= 15 is 0 Å². The predicted molar refractivity (Wildman–Crippen MR) is 350 cm³/mol. The molecule has 4 aliphatic carbocycles. The first-order valence-electron chi connectivity index (χ1n) is 36.2. The number of benzene rings is 3. The number of epoxide rings is 3. The molecule has 1 N–H and O–H groups in total. The van der Waals surface area contributed by atoms with Gasteiger partial charge in [0.05, 0.1) is 126 Å². The summed E-state index contributed by atoms with van der Waals surface area (Å²) in [4.78, 5) is 120. The highest BCUT2D eigenvalue weighted by Crippen LogP contribution is 2.42. The Morgan fingerprint density at radius 3 is 1.10 bits per heavy atom. The number of fused-ring (bicyclic) bond motifs is 5. The number of aliphatic hydroxyl groups excluding tert-OH is 1. The first-order valence-corrected chi connectivity index (χ1v) is 36.2. The van der Waals surface area contributed by atoms with E-state index in [2.05, 4.69) is 0 Å². The van der Waals surface area contributed by atoms with Crippen LogP contribution in [0, 0.1) is 35.5 Å². The second-order valence-electron chi connectivity index (χ2n) is 27.9. The van der Waals surface area contributed by atoms with Crippen molar-refractivity contribution in [2.24, 2.45) is 35.5 Å². The Bertz CT molecular complexity index is 3070. The van der Waals surface area contributed by atoms with Crippen molar-refractivity contribution in [3.63, 3.8) is 0 Å². The predicted octanol–water partition coefficient (Wildman–Crippen LogP) is 11.0. The third-order valence-corrected chi connectivity index (χ3v) is 20.3. The van der Waals surface area contributed by atoms with Gasteiger partial charge in [-0.05, 0) is 205 Å². The van der Waals surface area contributed by atoms with Crippen molar-refractivity contribution >= 4 is 75.3 Å². The number of aliphatic hydroxyl groups is 1. The number of unbranched alkanes of at least 4 members (excludes halogenated alkanes) is 8. The van der Waals surface area contributed by atoms with Crippen molar-refractivity contribution in [1.29, 1.82) is 0 Å². The maximum atomic E-state index is 14.2. The lowest BCUT2D eigenvalue weighted by molar-refractivity contribution is -0.167. The van der Waals surface area contributed by atoms with Gasteiger partial charge in [0.1, 0.15) is 6.10 Å². The van der Waals surface area contributed by atoms with Gasteiger partial charge >= 0.3 is 53.7 Å². The lowest BCUT2D eigenvalue weighted by Crippen LogP contribution is -2.38. The molecule has 0 bridgehead atoms. The summed E-state index contributed by atoms with van der Waals surface area (Å²) in [5, 5.41) is 14.5. The number of hydrogen-bond donors (Lipinski definition) is 1. The Balaban J connectivity index is 0.672. The zero-order valence-corrected chi connectivity index (χ0v) is 56.2. The Morgan fingerprint density at radius 1 is 0.381 bits per heavy atom. The minimum absolute atomic E-state index is 0.0352. The molecule has 0 spiro atoms. The van der Waals surface area contributed by atoms with Crippen molar-refractivity contribution in [2.45, 2.75) is 241 Å². The molecule has 532 valence electrons. The molecule has 3 aliphatic heterocycles. The molecular weight excluding hydrogens is 1250 g/mol. The Labute approximate surface area is 568 Å². The summed E-state index contributed by atoms with van der Waals surface area (Å²) in [6.45, 7) is 0.866. The summed E-state index contributed by atoms with van der Waals surface area (Å²) in [5.41, 5.74) is 0.452. The molecule has 7 aliphatic rings. The van der Waals surface area contributed by atoms with E-state index in [1.54, 1.807) is 0 Å². The zero-order chi connectivity index (χ0) is 67.9. The molecule has 10 rings (SSSR count). The van der Waals surface area contributed by atoms with E-state index in [0.29, 0.717) is 158 Å².